The Hall–Kier alpha value is -1.39. The summed E-state index contributed by atoms with van der Waals surface area (Å²) in [5.41, 5.74) is 0. The first-order valence-electron chi connectivity index (χ1n) is 5.17. The average molecular weight is 212 g/mol. The molecule has 5 heteroatoms. The van der Waals surface area contributed by atoms with Gasteiger partial charge in [0.05, 0.1) is 0 Å². The standard InChI is InChI=1S/C10H16N2O3/c1-3-7(2)10-12-11-8(15-10)5-4-6-9(13)14/h7H,3-6H2,1-2H3,(H,13,14). The number of hydrogen-bond donors (Lipinski definition) is 1. The summed E-state index contributed by atoms with van der Waals surface area (Å²) in [4.78, 5) is 10.3. The van der Waals surface area contributed by atoms with Crippen LogP contribution in [0.5, 0.6) is 0 Å². The van der Waals surface area contributed by atoms with Crippen molar-refractivity contribution >= 4 is 5.97 Å². The van der Waals surface area contributed by atoms with Crippen molar-refractivity contribution in [3.05, 3.63) is 11.8 Å². The molecule has 15 heavy (non-hydrogen) atoms. The minimum Gasteiger partial charge on any atom is -0.481 e. The molecule has 0 aliphatic carbocycles. The van der Waals surface area contributed by atoms with Gasteiger partial charge in [-0.25, -0.2) is 0 Å². The molecule has 1 rings (SSSR count). The van der Waals surface area contributed by atoms with Gasteiger partial charge in [-0.2, -0.15) is 0 Å². The van der Waals surface area contributed by atoms with E-state index in [0.29, 0.717) is 24.6 Å². The number of rotatable bonds is 6. The van der Waals surface area contributed by atoms with Crippen molar-refractivity contribution < 1.29 is 14.3 Å². The van der Waals surface area contributed by atoms with Crippen molar-refractivity contribution in [1.29, 1.82) is 0 Å². The van der Waals surface area contributed by atoms with E-state index in [4.69, 9.17) is 9.52 Å². The number of aromatic nitrogens is 2. The molecule has 0 aromatic carbocycles. The van der Waals surface area contributed by atoms with Crippen molar-refractivity contribution in [2.45, 2.75) is 45.4 Å². The molecule has 0 fully saturated rings. The van der Waals surface area contributed by atoms with Gasteiger partial charge in [0.25, 0.3) is 0 Å². The molecule has 1 heterocycles. The van der Waals surface area contributed by atoms with Gasteiger partial charge < -0.3 is 9.52 Å². The van der Waals surface area contributed by atoms with E-state index < -0.39 is 5.97 Å². The molecule has 0 aliphatic rings. The second-order valence-corrected chi connectivity index (χ2v) is 3.59. The summed E-state index contributed by atoms with van der Waals surface area (Å²) in [7, 11) is 0. The Labute approximate surface area is 88.5 Å². The van der Waals surface area contributed by atoms with Crippen molar-refractivity contribution in [3.8, 4) is 0 Å². The maximum atomic E-state index is 10.3. The molecule has 84 valence electrons. The predicted octanol–water partition coefficient (Wildman–Crippen LogP) is 1.99. The molecule has 0 amide bonds. The number of aliphatic carboxylic acids is 1. The fourth-order valence-corrected chi connectivity index (χ4v) is 1.13. The molecule has 1 atom stereocenters. The lowest BCUT2D eigenvalue weighted by atomic mass is 10.1. The Balaban J connectivity index is 2.42. The van der Waals surface area contributed by atoms with Crippen molar-refractivity contribution in [1.82, 2.24) is 10.2 Å². The topological polar surface area (TPSA) is 76.2 Å². The van der Waals surface area contributed by atoms with Crippen LogP contribution in [0.1, 0.15) is 50.8 Å². The van der Waals surface area contributed by atoms with Crippen molar-refractivity contribution in [3.63, 3.8) is 0 Å². The predicted molar refractivity (Wildman–Crippen MR) is 53.6 cm³/mol. The van der Waals surface area contributed by atoms with Crippen LogP contribution in [0.15, 0.2) is 4.42 Å². The fourth-order valence-electron chi connectivity index (χ4n) is 1.13. The number of nitrogens with zero attached hydrogens (tertiary/aromatic N) is 2. The molecule has 5 nitrogen and oxygen atoms in total. The van der Waals surface area contributed by atoms with E-state index in [1.807, 2.05) is 6.92 Å². The second-order valence-electron chi connectivity index (χ2n) is 3.59. The van der Waals surface area contributed by atoms with Gasteiger partial charge in [-0.1, -0.05) is 13.8 Å². The third kappa shape index (κ3) is 3.69. The van der Waals surface area contributed by atoms with E-state index in [9.17, 15) is 4.79 Å². The van der Waals surface area contributed by atoms with E-state index in [0.717, 1.165) is 6.42 Å². The third-order valence-electron chi connectivity index (χ3n) is 2.30. The van der Waals surface area contributed by atoms with Crippen molar-refractivity contribution in [2.75, 3.05) is 0 Å². The van der Waals surface area contributed by atoms with E-state index >= 15 is 0 Å². The quantitative estimate of drug-likeness (QED) is 0.780. The summed E-state index contributed by atoms with van der Waals surface area (Å²) in [6.07, 6.45) is 2.17. The van der Waals surface area contributed by atoms with Crippen LogP contribution in [0, 0.1) is 0 Å². The minimum absolute atomic E-state index is 0.140. The van der Waals surface area contributed by atoms with E-state index in [-0.39, 0.29) is 12.3 Å². The maximum absolute atomic E-state index is 10.3. The highest BCUT2D eigenvalue weighted by atomic mass is 16.4. The molecular formula is C10H16N2O3. The Morgan fingerprint density at radius 3 is 2.87 bits per heavy atom. The smallest absolute Gasteiger partial charge is 0.303 e. The van der Waals surface area contributed by atoms with Crippen LogP contribution in [0.3, 0.4) is 0 Å². The Bertz CT molecular complexity index is 322. The van der Waals surface area contributed by atoms with Crippen LogP contribution < -0.4 is 0 Å². The second kappa shape index (κ2) is 5.48. The van der Waals surface area contributed by atoms with Gasteiger partial charge in [-0.15, -0.1) is 10.2 Å². The molecule has 0 radical (unpaired) electrons. The number of carbonyl (C=O) groups is 1. The first-order valence-corrected chi connectivity index (χ1v) is 5.17. The Morgan fingerprint density at radius 2 is 2.27 bits per heavy atom. The molecule has 1 aromatic heterocycles. The van der Waals surface area contributed by atoms with Crippen LogP contribution in [0.2, 0.25) is 0 Å². The van der Waals surface area contributed by atoms with Gasteiger partial charge in [0.15, 0.2) is 0 Å². The average Bonchev–Trinajstić information content (AvgIpc) is 2.65. The van der Waals surface area contributed by atoms with E-state index in [2.05, 4.69) is 17.1 Å². The zero-order valence-corrected chi connectivity index (χ0v) is 9.06. The van der Waals surface area contributed by atoms with Crippen LogP contribution in [-0.4, -0.2) is 21.3 Å². The monoisotopic (exact) mass is 212 g/mol. The summed E-state index contributed by atoms with van der Waals surface area (Å²) in [5, 5.41) is 16.2. The van der Waals surface area contributed by atoms with E-state index in [1.165, 1.54) is 0 Å². The Morgan fingerprint density at radius 1 is 1.53 bits per heavy atom. The van der Waals surface area contributed by atoms with Crippen LogP contribution in [0.25, 0.3) is 0 Å². The highest BCUT2D eigenvalue weighted by Crippen LogP contribution is 2.17. The number of carboxylic acids is 1. The van der Waals surface area contributed by atoms with Crippen molar-refractivity contribution in [2.24, 2.45) is 0 Å². The first-order chi connectivity index (χ1) is 7.13. The largest absolute Gasteiger partial charge is 0.481 e. The zero-order chi connectivity index (χ0) is 11.3. The Kier molecular flexibility index (Phi) is 4.27. The molecule has 1 unspecified atom stereocenters. The number of carboxylic acid groups (broad SMARTS) is 1. The zero-order valence-electron chi connectivity index (χ0n) is 9.06. The number of hydrogen-bond acceptors (Lipinski definition) is 4. The fraction of sp³-hybridized carbons (Fsp3) is 0.700. The summed E-state index contributed by atoms with van der Waals surface area (Å²) in [6, 6.07) is 0. The summed E-state index contributed by atoms with van der Waals surface area (Å²) >= 11 is 0. The van der Waals surface area contributed by atoms with Gasteiger partial charge in [0.2, 0.25) is 11.8 Å². The van der Waals surface area contributed by atoms with Gasteiger partial charge in [0, 0.05) is 18.8 Å². The molecule has 0 saturated carbocycles. The van der Waals surface area contributed by atoms with Gasteiger partial charge >= 0.3 is 5.97 Å². The number of aryl methyl sites for hydroxylation is 1. The van der Waals surface area contributed by atoms with Crippen LogP contribution in [-0.2, 0) is 11.2 Å². The minimum atomic E-state index is -0.795. The van der Waals surface area contributed by atoms with Gasteiger partial charge in [0.1, 0.15) is 0 Å². The summed E-state index contributed by atoms with van der Waals surface area (Å²) < 4.78 is 5.40. The highest BCUT2D eigenvalue weighted by Gasteiger charge is 2.11. The summed E-state index contributed by atoms with van der Waals surface area (Å²) in [5.74, 6) is 0.650. The normalized spacial score (nSPS) is 12.7. The molecule has 1 N–H and O–H groups in total. The molecule has 0 aliphatic heterocycles. The van der Waals surface area contributed by atoms with Crippen LogP contribution in [0.4, 0.5) is 0 Å². The van der Waals surface area contributed by atoms with Gasteiger partial charge in [-0.3, -0.25) is 4.79 Å². The lowest BCUT2D eigenvalue weighted by Gasteiger charge is -1.99. The van der Waals surface area contributed by atoms with Crippen LogP contribution >= 0.6 is 0 Å². The first kappa shape index (κ1) is 11.7. The lowest BCUT2D eigenvalue weighted by molar-refractivity contribution is -0.137. The highest BCUT2D eigenvalue weighted by molar-refractivity contribution is 5.66. The SMILES string of the molecule is CCC(C)c1nnc(CCCC(=O)O)o1. The van der Waals surface area contributed by atoms with E-state index in [1.54, 1.807) is 0 Å². The molecular weight excluding hydrogens is 196 g/mol. The lowest BCUT2D eigenvalue weighted by Crippen LogP contribution is -1.95. The molecule has 0 saturated heterocycles. The van der Waals surface area contributed by atoms with Gasteiger partial charge in [-0.05, 0) is 12.8 Å². The maximum Gasteiger partial charge on any atom is 0.303 e. The molecule has 0 bridgehead atoms. The molecule has 0 spiro atoms. The molecule has 1 aromatic rings. The third-order valence-corrected chi connectivity index (χ3v) is 2.30. The summed E-state index contributed by atoms with van der Waals surface area (Å²) in [6.45, 7) is 4.08.